The molecule has 4 heterocycles. The Balaban J connectivity index is 1.60. The molecule has 0 aliphatic carbocycles. The lowest BCUT2D eigenvalue weighted by Crippen LogP contribution is -2.17. The molecule has 156 valence electrons. The van der Waals surface area contributed by atoms with Gasteiger partial charge in [0.05, 0.1) is 17.6 Å². The lowest BCUT2D eigenvalue weighted by molar-refractivity contribution is 0.0962. The number of hydrogen-bond donors (Lipinski definition) is 2. The van der Waals surface area contributed by atoms with E-state index in [-0.39, 0.29) is 11.6 Å². The molecule has 0 radical (unpaired) electrons. The SMILES string of the molecule is CNC(=O)c1cnn2ccc(-c3cccc4cc(-c5ccc(C(N)=O)nc5)ncc34)nc12. The van der Waals surface area contributed by atoms with Crippen LogP contribution < -0.4 is 11.1 Å². The number of aromatic nitrogens is 5. The highest BCUT2D eigenvalue weighted by Crippen LogP contribution is 2.30. The van der Waals surface area contributed by atoms with Crippen LogP contribution >= 0.6 is 0 Å². The van der Waals surface area contributed by atoms with Crippen molar-refractivity contribution in [3.8, 4) is 22.5 Å². The van der Waals surface area contributed by atoms with Crippen molar-refractivity contribution < 1.29 is 9.59 Å². The van der Waals surface area contributed by atoms with Gasteiger partial charge in [0.25, 0.3) is 11.8 Å². The number of primary amides is 1. The van der Waals surface area contributed by atoms with E-state index in [4.69, 9.17) is 5.73 Å². The van der Waals surface area contributed by atoms with Crippen LogP contribution in [0.2, 0.25) is 0 Å². The molecule has 9 heteroatoms. The summed E-state index contributed by atoms with van der Waals surface area (Å²) < 4.78 is 1.57. The van der Waals surface area contributed by atoms with Gasteiger partial charge in [0.1, 0.15) is 11.3 Å². The first-order valence-corrected chi connectivity index (χ1v) is 9.77. The highest BCUT2D eigenvalue weighted by molar-refractivity contribution is 6.00. The zero-order valence-electron chi connectivity index (χ0n) is 17.0. The van der Waals surface area contributed by atoms with Gasteiger partial charge in [-0.15, -0.1) is 0 Å². The third-order valence-electron chi connectivity index (χ3n) is 5.19. The molecule has 0 saturated carbocycles. The Hall–Kier alpha value is -4.66. The molecule has 9 nitrogen and oxygen atoms in total. The molecule has 0 saturated heterocycles. The zero-order valence-corrected chi connectivity index (χ0v) is 17.0. The molecule has 5 aromatic rings. The van der Waals surface area contributed by atoms with Crippen molar-refractivity contribution in [3.05, 3.63) is 78.5 Å². The number of carbonyl (C=O) groups excluding carboxylic acids is 2. The molecule has 0 spiro atoms. The molecule has 0 atom stereocenters. The summed E-state index contributed by atoms with van der Waals surface area (Å²) in [5.41, 5.74) is 9.43. The van der Waals surface area contributed by atoms with E-state index in [9.17, 15) is 9.59 Å². The number of nitrogens with zero attached hydrogens (tertiary/aromatic N) is 5. The molecule has 0 aliphatic rings. The van der Waals surface area contributed by atoms with E-state index in [1.807, 2.05) is 30.3 Å². The average molecular weight is 423 g/mol. The monoisotopic (exact) mass is 423 g/mol. The first-order chi connectivity index (χ1) is 15.5. The van der Waals surface area contributed by atoms with Crippen LogP contribution in [0, 0.1) is 0 Å². The third-order valence-corrected chi connectivity index (χ3v) is 5.19. The summed E-state index contributed by atoms with van der Waals surface area (Å²) >= 11 is 0. The number of benzene rings is 1. The maximum absolute atomic E-state index is 12.1. The molecule has 0 bridgehead atoms. The van der Waals surface area contributed by atoms with Gasteiger partial charge in [0.2, 0.25) is 0 Å². The lowest BCUT2D eigenvalue weighted by Gasteiger charge is -2.09. The molecule has 1 aromatic carbocycles. The summed E-state index contributed by atoms with van der Waals surface area (Å²) in [6.45, 7) is 0. The fraction of sp³-hybridized carbons (Fsp3) is 0.0435. The second-order valence-electron chi connectivity index (χ2n) is 7.11. The Kier molecular flexibility index (Phi) is 4.55. The van der Waals surface area contributed by atoms with Gasteiger partial charge in [-0.1, -0.05) is 18.2 Å². The summed E-state index contributed by atoms with van der Waals surface area (Å²) in [5.74, 6) is -0.820. The molecule has 32 heavy (non-hydrogen) atoms. The van der Waals surface area contributed by atoms with Crippen LogP contribution in [0.25, 0.3) is 38.9 Å². The van der Waals surface area contributed by atoms with E-state index < -0.39 is 5.91 Å². The Morgan fingerprint density at radius 3 is 2.62 bits per heavy atom. The Morgan fingerprint density at radius 1 is 1.00 bits per heavy atom. The Morgan fingerprint density at radius 2 is 1.88 bits per heavy atom. The van der Waals surface area contributed by atoms with Crippen molar-refractivity contribution in [1.82, 2.24) is 29.9 Å². The molecular formula is C23H17N7O2. The largest absolute Gasteiger partial charge is 0.364 e. The van der Waals surface area contributed by atoms with Crippen molar-refractivity contribution >= 4 is 28.2 Å². The van der Waals surface area contributed by atoms with Gasteiger partial charge < -0.3 is 11.1 Å². The summed E-state index contributed by atoms with van der Waals surface area (Å²) in [5, 5.41) is 8.68. The topological polar surface area (TPSA) is 128 Å². The van der Waals surface area contributed by atoms with E-state index in [1.54, 1.807) is 42.3 Å². The van der Waals surface area contributed by atoms with Gasteiger partial charge in [-0.3, -0.25) is 19.6 Å². The van der Waals surface area contributed by atoms with E-state index in [0.717, 1.165) is 27.6 Å². The molecule has 4 aromatic heterocycles. The number of nitrogens with one attached hydrogen (secondary N) is 1. The summed E-state index contributed by atoms with van der Waals surface area (Å²) in [6, 6.07) is 13.0. The molecular weight excluding hydrogens is 406 g/mol. The summed E-state index contributed by atoms with van der Waals surface area (Å²) in [6.07, 6.45) is 6.63. The molecule has 0 unspecified atom stereocenters. The van der Waals surface area contributed by atoms with Crippen LogP contribution in [0.3, 0.4) is 0 Å². The summed E-state index contributed by atoms with van der Waals surface area (Å²) in [7, 11) is 1.57. The zero-order chi connectivity index (χ0) is 22.2. The van der Waals surface area contributed by atoms with Gasteiger partial charge in [-0.25, -0.2) is 9.50 Å². The molecule has 0 fully saturated rings. The minimum absolute atomic E-state index is 0.203. The normalized spacial score (nSPS) is 11.0. The van der Waals surface area contributed by atoms with Gasteiger partial charge in [0.15, 0.2) is 5.65 Å². The van der Waals surface area contributed by atoms with Gasteiger partial charge in [-0.2, -0.15) is 5.10 Å². The average Bonchev–Trinajstić information content (AvgIpc) is 3.26. The number of fused-ring (bicyclic) bond motifs is 2. The van der Waals surface area contributed by atoms with Gasteiger partial charge in [0, 0.05) is 42.2 Å². The van der Waals surface area contributed by atoms with Crippen LogP contribution in [-0.2, 0) is 0 Å². The predicted octanol–water partition coefficient (Wildman–Crippen LogP) is 2.46. The summed E-state index contributed by atoms with van der Waals surface area (Å²) in [4.78, 5) is 36.7. The van der Waals surface area contributed by atoms with E-state index >= 15 is 0 Å². The first-order valence-electron chi connectivity index (χ1n) is 9.77. The smallest absolute Gasteiger partial charge is 0.267 e. The van der Waals surface area contributed by atoms with Crippen molar-refractivity contribution in [2.24, 2.45) is 5.73 Å². The third kappa shape index (κ3) is 3.21. The lowest BCUT2D eigenvalue weighted by atomic mass is 10.0. The van der Waals surface area contributed by atoms with Crippen molar-refractivity contribution in [3.63, 3.8) is 0 Å². The Bertz CT molecular complexity index is 1510. The number of pyridine rings is 2. The van der Waals surface area contributed by atoms with Gasteiger partial charge >= 0.3 is 0 Å². The van der Waals surface area contributed by atoms with Crippen LogP contribution in [0.1, 0.15) is 20.8 Å². The fourth-order valence-electron chi connectivity index (χ4n) is 3.56. The molecule has 0 aliphatic heterocycles. The van der Waals surface area contributed by atoms with E-state index in [2.05, 4.69) is 25.4 Å². The minimum atomic E-state index is -0.574. The maximum atomic E-state index is 12.1. The Labute approximate surface area is 182 Å². The molecule has 5 rings (SSSR count). The van der Waals surface area contributed by atoms with Crippen LogP contribution in [0.5, 0.6) is 0 Å². The number of carbonyl (C=O) groups is 2. The van der Waals surface area contributed by atoms with Crippen LogP contribution in [0.4, 0.5) is 0 Å². The van der Waals surface area contributed by atoms with Crippen LogP contribution in [0.15, 0.2) is 67.3 Å². The van der Waals surface area contributed by atoms with Crippen molar-refractivity contribution in [2.45, 2.75) is 0 Å². The first kappa shape index (κ1) is 19.3. The van der Waals surface area contributed by atoms with Gasteiger partial charge in [-0.05, 0) is 29.7 Å². The number of amides is 2. The standard InChI is InChI=1S/C23H17N7O2/c1-25-23(32)17-12-28-30-8-7-18(29-22(17)30)15-4-2-3-13-9-20(27-11-16(13)15)14-5-6-19(21(24)31)26-10-14/h2-12H,1H3,(H2,24,31)(H,25,32). The second kappa shape index (κ2) is 7.55. The highest BCUT2D eigenvalue weighted by Gasteiger charge is 2.15. The van der Waals surface area contributed by atoms with E-state index in [1.165, 1.54) is 6.20 Å². The number of rotatable bonds is 4. The maximum Gasteiger partial charge on any atom is 0.267 e. The minimum Gasteiger partial charge on any atom is -0.364 e. The predicted molar refractivity (Wildman–Crippen MR) is 119 cm³/mol. The quantitative estimate of drug-likeness (QED) is 0.457. The number of hydrogen-bond acceptors (Lipinski definition) is 6. The van der Waals surface area contributed by atoms with E-state index in [0.29, 0.717) is 16.9 Å². The molecule has 3 N–H and O–H groups in total. The second-order valence-corrected chi connectivity index (χ2v) is 7.11. The highest BCUT2D eigenvalue weighted by atomic mass is 16.2. The van der Waals surface area contributed by atoms with Crippen molar-refractivity contribution in [2.75, 3.05) is 7.05 Å². The molecule has 2 amide bonds. The van der Waals surface area contributed by atoms with Crippen LogP contribution in [-0.4, -0.2) is 43.4 Å². The van der Waals surface area contributed by atoms with Crippen molar-refractivity contribution in [1.29, 1.82) is 0 Å². The number of nitrogens with two attached hydrogens (primary N) is 1. The fourth-order valence-corrected chi connectivity index (χ4v) is 3.56.